The Labute approximate surface area is 199 Å². The molecule has 168 valence electrons. The normalized spacial score (nSPS) is 11.4. The van der Waals surface area contributed by atoms with Gasteiger partial charge in [-0.3, -0.25) is 9.36 Å². The average Bonchev–Trinajstić information content (AvgIpc) is 3.42. The standard InChI is InChI=1S/C25H20N6O2S/c1-30-20-15-9-8-14-19(20)22(24(30)33)27-26-21(32)16-34-25-29-28-23(17-10-4-2-5-11-17)31(25)18-12-6-3-7-13-18/h2-15,33H,16H2,1H3. The lowest BCUT2D eigenvalue weighted by Crippen LogP contribution is -2.02. The SMILES string of the molecule is Cn1c(O)c(N=NC(=O)CSc2nnc(-c3ccccc3)n2-c2ccccc2)c2ccccc21. The van der Waals surface area contributed by atoms with Gasteiger partial charge in [-0.15, -0.1) is 20.4 Å². The highest BCUT2D eigenvalue weighted by molar-refractivity contribution is 7.99. The third-order valence-corrected chi connectivity index (χ3v) is 6.23. The van der Waals surface area contributed by atoms with Crippen LogP contribution in [0.5, 0.6) is 5.88 Å². The number of benzene rings is 3. The van der Waals surface area contributed by atoms with Crippen LogP contribution in [0.1, 0.15) is 0 Å². The highest BCUT2D eigenvalue weighted by Gasteiger charge is 2.18. The zero-order chi connectivity index (χ0) is 23.5. The minimum atomic E-state index is -0.443. The van der Waals surface area contributed by atoms with Gasteiger partial charge in [0.2, 0.25) is 5.88 Å². The smallest absolute Gasteiger partial charge is 0.275 e. The molecule has 0 aliphatic heterocycles. The molecule has 3 aromatic carbocycles. The van der Waals surface area contributed by atoms with Gasteiger partial charge in [0.05, 0.1) is 11.3 Å². The monoisotopic (exact) mass is 468 g/mol. The van der Waals surface area contributed by atoms with E-state index in [0.717, 1.165) is 22.2 Å². The van der Waals surface area contributed by atoms with Crippen molar-refractivity contribution in [3.8, 4) is 23.0 Å². The number of rotatable bonds is 6. The number of nitrogens with zero attached hydrogens (tertiary/aromatic N) is 6. The van der Waals surface area contributed by atoms with E-state index in [-0.39, 0.29) is 17.3 Å². The van der Waals surface area contributed by atoms with Crippen molar-refractivity contribution in [2.24, 2.45) is 17.3 Å². The molecule has 0 atom stereocenters. The number of aryl methyl sites for hydroxylation is 1. The van der Waals surface area contributed by atoms with Crippen molar-refractivity contribution in [1.82, 2.24) is 19.3 Å². The van der Waals surface area contributed by atoms with Crippen molar-refractivity contribution >= 4 is 34.3 Å². The predicted molar refractivity (Wildman–Crippen MR) is 132 cm³/mol. The average molecular weight is 469 g/mol. The number of aromatic nitrogens is 4. The fourth-order valence-electron chi connectivity index (χ4n) is 3.67. The molecule has 0 bridgehead atoms. The Morgan fingerprint density at radius 1 is 0.941 bits per heavy atom. The summed E-state index contributed by atoms with van der Waals surface area (Å²) in [4.78, 5) is 12.5. The molecule has 2 heterocycles. The van der Waals surface area contributed by atoms with Crippen LogP contribution in [-0.2, 0) is 11.8 Å². The second kappa shape index (κ2) is 9.32. The van der Waals surface area contributed by atoms with E-state index < -0.39 is 5.91 Å². The Balaban J connectivity index is 1.39. The number of hydrogen-bond donors (Lipinski definition) is 1. The Kier molecular flexibility index (Phi) is 5.92. The number of carbonyl (C=O) groups excluding carboxylic acids is 1. The van der Waals surface area contributed by atoms with Gasteiger partial charge >= 0.3 is 0 Å². The Hall–Kier alpha value is -4.24. The number of thioether (sulfide) groups is 1. The van der Waals surface area contributed by atoms with Crippen molar-refractivity contribution in [3.63, 3.8) is 0 Å². The van der Waals surface area contributed by atoms with Gasteiger partial charge in [0.1, 0.15) is 0 Å². The molecular formula is C25H20N6O2S. The van der Waals surface area contributed by atoms with Gasteiger partial charge in [-0.25, -0.2) is 0 Å². The number of hydrogen-bond acceptors (Lipinski definition) is 6. The van der Waals surface area contributed by atoms with E-state index in [1.807, 2.05) is 89.5 Å². The van der Waals surface area contributed by atoms with Crippen molar-refractivity contribution in [3.05, 3.63) is 84.9 Å². The molecule has 5 rings (SSSR count). The third kappa shape index (κ3) is 4.08. The lowest BCUT2D eigenvalue weighted by Gasteiger charge is -2.09. The van der Waals surface area contributed by atoms with Crippen LogP contribution in [0.2, 0.25) is 0 Å². The molecular weight excluding hydrogens is 448 g/mol. The molecule has 8 nitrogen and oxygen atoms in total. The number of aromatic hydroxyl groups is 1. The quantitative estimate of drug-likeness (QED) is 0.261. The van der Waals surface area contributed by atoms with Crippen molar-refractivity contribution in [1.29, 1.82) is 0 Å². The van der Waals surface area contributed by atoms with E-state index in [9.17, 15) is 9.90 Å². The maximum absolute atomic E-state index is 12.5. The van der Waals surface area contributed by atoms with Gasteiger partial charge in [-0.1, -0.05) is 78.5 Å². The first-order chi connectivity index (χ1) is 16.6. The van der Waals surface area contributed by atoms with Crippen LogP contribution < -0.4 is 0 Å². The number of carbonyl (C=O) groups is 1. The van der Waals surface area contributed by atoms with E-state index in [2.05, 4.69) is 20.4 Å². The minimum Gasteiger partial charge on any atom is -0.493 e. The van der Waals surface area contributed by atoms with Gasteiger partial charge in [-0.05, 0) is 18.2 Å². The van der Waals surface area contributed by atoms with Crippen molar-refractivity contribution in [2.45, 2.75) is 5.16 Å². The topological polar surface area (TPSA) is 97.7 Å². The first kappa shape index (κ1) is 21.6. The summed E-state index contributed by atoms with van der Waals surface area (Å²) in [6.45, 7) is 0. The third-order valence-electron chi connectivity index (χ3n) is 5.32. The van der Waals surface area contributed by atoms with E-state index in [1.165, 1.54) is 11.8 Å². The van der Waals surface area contributed by atoms with Gasteiger partial charge < -0.3 is 9.67 Å². The van der Waals surface area contributed by atoms with E-state index in [1.54, 1.807) is 11.6 Å². The van der Waals surface area contributed by atoms with Crippen molar-refractivity contribution < 1.29 is 9.90 Å². The fraction of sp³-hybridized carbons (Fsp3) is 0.0800. The van der Waals surface area contributed by atoms with Gasteiger partial charge in [0.25, 0.3) is 5.91 Å². The predicted octanol–water partition coefficient (Wildman–Crippen LogP) is 5.53. The zero-order valence-electron chi connectivity index (χ0n) is 18.2. The summed E-state index contributed by atoms with van der Waals surface area (Å²) in [5.41, 5.74) is 2.89. The molecule has 0 spiro atoms. The molecule has 0 unspecified atom stereocenters. The molecule has 0 aliphatic rings. The molecule has 1 N–H and O–H groups in total. The van der Waals surface area contributed by atoms with Crippen LogP contribution in [0.4, 0.5) is 5.69 Å². The van der Waals surface area contributed by atoms with Crippen LogP contribution in [-0.4, -0.2) is 36.1 Å². The lowest BCUT2D eigenvalue weighted by molar-refractivity contribution is -0.115. The van der Waals surface area contributed by atoms with Gasteiger partial charge in [0, 0.05) is 23.7 Å². The second-order valence-corrected chi connectivity index (χ2v) is 8.42. The minimum absolute atomic E-state index is 0.0226. The van der Waals surface area contributed by atoms with Crippen molar-refractivity contribution in [2.75, 3.05) is 5.75 Å². The Bertz CT molecular complexity index is 1490. The van der Waals surface area contributed by atoms with Gasteiger partial charge in [0.15, 0.2) is 16.7 Å². The first-order valence-electron chi connectivity index (χ1n) is 10.5. The van der Waals surface area contributed by atoms with Gasteiger partial charge in [-0.2, -0.15) is 0 Å². The molecule has 2 aromatic heterocycles. The summed E-state index contributed by atoms with van der Waals surface area (Å²) < 4.78 is 3.53. The molecule has 34 heavy (non-hydrogen) atoms. The molecule has 0 radical (unpaired) electrons. The van der Waals surface area contributed by atoms with Crippen LogP contribution >= 0.6 is 11.8 Å². The number of para-hydroxylation sites is 2. The lowest BCUT2D eigenvalue weighted by atomic mass is 10.2. The molecule has 0 saturated carbocycles. The van der Waals surface area contributed by atoms with E-state index >= 15 is 0 Å². The molecule has 0 aliphatic carbocycles. The largest absolute Gasteiger partial charge is 0.493 e. The van der Waals surface area contributed by atoms with Crippen LogP contribution in [0.3, 0.4) is 0 Å². The highest BCUT2D eigenvalue weighted by Crippen LogP contribution is 2.37. The Morgan fingerprint density at radius 3 is 2.38 bits per heavy atom. The summed E-state index contributed by atoms with van der Waals surface area (Å²) in [5.74, 6) is 0.224. The van der Waals surface area contributed by atoms with Crippen LogP contribution in [0.15, 0.2) is 100 Å². The maximum Gasteiger partial charge on any atom is 0.275 e. The van der Waals surface area contributed by atoms with Crippen LogP contribution in [0, 0.1) is 0 Å². The zero-order valence-corrected chi connectivity index (χ0v) is 19.1. The number of azo groups is 1. The first-order valence-corrected chi connectivity index (χ1v) is 11.5. The fourth-order valence-corrected chi connectivity index (χ4v) is 4.40. The summed E-state index contributed by atoms with van der Waals surface area (Å²) in [5, 5.41) is 28.3. The molecule has 1 amide bonds. The Morgan fingerprint density at radius 2 is 1.62 bits per heavy atom. The summed E-state index contributed by atoms with van der Waals surface area (Å²) >= 11 is 1.23. The summed E-state index contributed by atoms with van der Waals surface area (Å²) in [6, 6.07) is 26.9. The number of fused-ring (bicyclic) bond motifs is 1. The van der Waals surface area contributed by atoms with E-state index in [4.69, 9.17) is 0 Å². The maximum atomic E-state index is 12.5. The highest BCUT2D eigenvalue weighted by atomic mass is 32.2. The molecule has 0 fully saturated rings. The number of amides is 1. The second-order valence-electron chi connectivity index (χ2n) is 7.47. The molecule has 5 aromatic rings. The van der Waals surface area contributed by atoms with Crippen LogP contribution in [0.25, 0.3) is 28.0 Å². The molecule has 0 saturated heterocycles. The molecule has 9 heteroatoms. The van der Waals surface area contributed by atoms with E-state index in [0.29, 0.717) is 11.0 Å². The summed E-state index contributed by atoms with van der Waals surface area (Å²) in [7, 11) is 1.73. The summed E-state index contributed by atoms with van der Waals surface area (Å²) in [6.07, 6.45) is 0.